The third-order valence-corrected chi connectivity index (χ3v) is 4.91. The Kier molecular flexibility index (Phi) is 4.36. The first-order valence-corrected chi connectivity index (χ1v) is 8.06. The summed E-state index contributed by atoms with van der Waals surface area (Å²) in [6.07, 6.45) is 4.07. The summed E-state index contributed by atoms with van der Waals surface area (Å²) >= 11 is 6.01. The van der Waals surface area contributed by atoms with Gasteiger partial charge in [0, 0.05) is 24.2 Å². The Bertz CT molecular complexity index is 534. The maximum atomic E-state index is 12.4. The van der Waals surface area contributed by atoms with Gasteiger partial charge in [-0.1, -0.05) is 17.7 Å². The third-order valence-electron chi connectivity index (χ3n) is 4.67. The molecule has 2 aliphatic rings. The van der Waals surface area contributed by atoms with Crippen molar-refractivity contribution in [2.24, 2.45) is 11.7 Å². The zero-order valence-corrected chi connectivity index (χ0v) is 12.9. The van der Waals surface area contributed by atoms with Crippen molar-refractivity contribution in [1.82, 2.24) is 10.2 Å². The van der Waals surface area contributed by atoms with E-state index in [1.165, 1.54) is 11.1 Å². The molecule has 0 spiro atoms. The highest BCUT2D eigenvalue weighted by atomic mass is 35.5. The Hall–Kier alpha value is -1.26. The van der Waals surface area contributed by atoms with Gasteiger partial charge in [-0.05, 0) is 61.4 Å². The van der Waals surface area contributed by atoms with Gasteiger partial charge in [-0.3, -0.25) is 0 Å². The van der Waals surface area contributed by atoms with Gasteiger partial charge in [0.25, 0.3) is 0 Å². The van der Waals surface area contributed by atoms with Gasteiger partial charge in [-0.2, -0.15) is 0 Å². The molecule has 1 aromatic carbocycles. The van der Waals surface area contributed by atoms with Crippen molar-refractivity contribution in [2.75, 3.05) is 13.1 Å². The number of benzene rings is 1. The number of urea groups is 1. The highest BCUT2D eigenvalue weighted by Gasteiger charge is 2.27. The lowest BCUT2D eigenvalue weighted by molar-refractivity contribution is 0.188. The van der Waals surface area contributed by atoms with Gasteiger partial charge in [-0.15, -0.1) is 0 Å². The van der Waals surface area contributed by atoms with E-state index in [1.54, 1.807) is 0 Å². The number of nitrogens with one attached hydrogen (secondary N) is 1. The molecular formula is C16H22ClN3O. The van der Waals surface area contributed by atoms with Crippen LogP contribution in [-0.2, 0) is 13.0 Å². The first kappa shape index (κ1) is 14.7. The van der Waals surface area contributed by atoms with Crippen molar-refractivity contribution < 1.29 is 4.79 Å². The van der Waals surface area contributed by atoms with Crippen LogP contribution in [0.25, 0.3) is 0 Å². The molecule has 2 amide bonds. The van der Waals surface area contributed by atoms with Crippen molar-refractivity contribution in [3.63, 3.8) is 0 Å². The van der Waals surface area contributed by atoms with Crippen LogP contribution >= 0.6 is 11.6 Å². The Morgan fingerprint density at radius 2 is 2.24 bits per heavy atom. The van der Waals surface area contributed by atoms with Crippen LogP contribution in [0.2, 0.25) is 5.02 Å². The zero-order valence-electron chi connectivity index (χ0n) is 12.1. The number of hydrogen-bond donors (Lipinski definition) is 2. The molecule has 5 heteroatoms. The average molecular weight is 308 g/mol. The summed E-state index contributed by atoms with van der Waals surface area (Å²) in [5, 5.41) is 3.93. The second-order valence-electron chi connectivity index (χ2n) is 6.15. The lowest BCUT2D eigenvalue weighted by Gasteiger charge is -2.30. The number of nitrogens with zero attached hydrogens (tertiary/aromatic N) is 1. The van der Waals surface area contributed by atoms with Crippen molar-refractivity contribution in [2.45, 2.75) is 38.3 Å². The molecule has 4 nitrogen and oxygen atoms in total. The molecule has 3 N–H and O–H groups in total. The van der Waals surface area contributed by atoms with Gasteiger partial charge in [0.2, 0.25) is 0 Å². The summed E-state index contributed by atoms with van der Waals surface area (Å²) in [6.45, 7) is 2.15. The number of rotatable bonds is 2. The number of hydrogen-bond acceptors (Lipinski definition) is 2. The SMILES string of the molecule is NCC1CCC(NC(=O)N2CCc3cc(Cl)ccc3C2)C1. The predicted molar refractivity (Wildman–Crippen MR) is 84.3 cm³/mol. The molecule has 2 atom stereocenters. The number of halogens is 1. The molecule has 114 valence electrons. The fourth-order valence-electron chi connectivity index (χ4n) is 3.38. The van der Waals surface area contributed by atoms with Gasteiger partial charge >= 0.3 is 6.03 Å². The van der Waals surface area contributed by atoms with E-state index in [-0.39, 0.29) is 12.1 Å². The summed E-state index contributed by atoms with van der Waals surface area (Å²) in [4.78, 5) is 14.3. The second kappa shape index (κ2) is 6.24. The summed E-state index contributed by atoms with van der Waals surface area (Å²) in [5.74, 6) is 0.569. The molecule has 0 aromatic heterocycles. The summed E-state index contributed by atoms with van der Waals surface area (Å²) in [6, 6.07) is 6.27. The molecule has 1 aromatic rings. The van der Waals surface area contributed by atoms with Crippen molar-refractivity contribution in [1.29, 1.82) is 0 Å². The largest absolute Gasteiger partial charge is 0.335 e. The normalized spacial score (nSPS) is 24.8. The lowest BCUT2D eigenvalue weighted by atomic mass is 10.0. The topological polar surface area (TPSA) is 58.4 Å². The van der Waals surface area contributed by atoms with Crippen LogP contribution < -0.4 is 11.1 Å². The van der Waals surface area contributed by atoms with E-state index < -0.39 is 0 Å². The summed E-state index contributed by atoms with van der Waals surface area (Å²) in [5.41, 5.74) is 8.16. The molecule has 0 bridgehead atoms. The Morgan fingerprint density at radius 1 is 1.38 bits per heavy atom. The minimum absolute atomic E-state index is 0.0540. The van der Waals surface area contributed by atoms with Crippen LogP contribution in [-0.4, -0.2) is 30.1 Å². The smallest absolute Gasteiger partial charge is 0.317 e. The van der Waals surface area contributed by atoms with Crippen molar-refractivity contribution in [3.8, 4) is 0 Å². The van der Waals surface area contributed by atoms with E-state index in [1.807, 2.05) is 23.1 Å². The fraction of sp³-hybridized carbons (Fsp3) is 0.562. The lowest BCUT2D eigenvalue weighted by Crippen LogP contribution is -2.46. The number of nitrogens with two attached hydrogens (primary N) is 1. The van der Waals surface area contributed by atoms with Crippen LogP contribution in [0.1, 0.15) is 30.4 Å². The fourth-order valence-corrected chi connectivity index (χ4v) is 3.58. The highest BCUT2D eigenvalue weighted by Crippen LogP contribution is 2.26. The average Bonchev–Trinajstić information content (AvgIpc) is 2.94. The maximum absolute atomic E-state index is 12.4. The molecule has 1 fully saturated rings. The van der Waals surface area contributed by atoms with Crippen LogP contribution in [0, 0.1) is 5.92 Å². The molecule has 3 rings (SSSR count). The van der Waals surface area contributed by atoms with E-state index in [2.05, 4.69) is 5.32 Å². The van der Waals surface area contributed by atoms with Gasteiger partial charge in [0.1, 0.15) is 0 Å². The Morgan fingerprint density at radius 3 is 3.00 bits per heavy atom. The van der Waals surface area contributed by atoms with E-state index in [9.17, 15) is 4.79 Å². The molecule has 1 heterocycles. The van der Waals surface area contributed by atoms with E-state index >= 15 is 0 Å². The molecule has 0 saturated heterocycles. The molecule has 1 saturated carbocycles. The Labute approximate surface area is 130 Å². The Balaban J connectivity index is 1.58. The molecule has 0 radical (unpaired) electrons. The van der Waals surface area contributed by atoms with Crippen LogP contribution in [0.4, 0.5) is 4.79 Å². The number of fused-ring (bicyclic) bond motifs is 1. The minimum atomic E-state index is 0.0540. The monoisotopic (exact) mass is 307 g/mol. The van der Waals surface area contributed by atoms with E-state index in [0.717, 1.165) is 43.8 Å². The second-order valence-corrected chi connectivity index (χ2v) is 6.58. The van der Waals surface area contributed by atoms with E-state index in [0.29, 0.717) is 12.5 Å². The molecular weight excluding hydrogens is 286 g/mol. The molecule has 21 heavy (non-hydrogen) atoms. The summed E-state index contributed by atoms with van der Waals surface area (Å²) in [7, 11) is 0. The maximum Gasteiger partial charge on any atom is 0.317 e. The molecule has 2 unspecified atom stereocenters. The van der Waals surface area contributed by atoms with Crippen LogP contribution in [0.15, 0.2) is 18.2 Å². The van der Waals surface area contributed by atoms with Crippen molar-refractivity contribution >= 4 is 17.6 Å². The van der Waals surface area contributed by atoms with Crippen LogP contribution in [0.3, 0.4) is 0 Å². The van der Waals surface area contributed by atoms with E-state index in [4.69, 9.17) is 17.3 Å². The number of carbonyl (C=O) groups is 1. The predicted octanol–water partition coefficient (Wildman–Crippen LogP) is 2.54. The third kappa shape index (κ3) is 3.33. The summed E-state index contributed by atoms with van der Waals surface area (Å²) < 4.78 is 0. The van der Waals surface area contributed by atoms with Gasteiger partial charge < -0.3 is 16.0 Å². The van der Waals surface area contributed by atoms with Crippen molar-refractivity contribution in [3.05, 3.63) is 34.3 Å². The van der Waals surface area contributed by atoms with Gasteiger partial charge in [0.15, 0.2) is 0 Å². The number of amides is 2. The standard InChI is InChI=1S/C16H22ClN3O/c17-14-3-2-13-10-20(6-5-12(13)8-14)16(21)19-15-4-1-11(7-15)9-18/h2-3,8,11,15H,1,4-7,9-10,18H2,(H,19,21). The van der Waals surface area contributed by atoms with Gasteiger partial charge in [-0.25, -0.2) is 4.79 Å². The highest BCUT2D eigenvalue weighted by molar-refractivity contribution is 6.30. The number of carbonyl (C=O) groups excluding carboxylic acids is 1. The quantitative estimate of drug-likeness (QED) is 0.882. The zero-order chi connectivity index (χ0) is 14.8. The molecule has 1 aliphatic heterocycles. The molecule has 1 aliphatic carbocycles. The van der Waals surface area contributed by atoms with Gasteiger partial charge in [0.05, 0.1) is 0 Å². The first-order chi connectivity index (χ1) is 10.2. The first-order valence-electron chi connectivity index (χ1n) is 7.68. The minimum Gasteiger partial charge on any atom is -0.335 e. The van der Waals surface area contributed by atoms with Crippen LogP contribution in [0.5, 0.6) is 0 Å².